The zero-order valence-corrected chi connectivity index (χ0v) is 9.10. The Hall–Kier alpha value is -1.35. The summed E-state index contributed by atoms with van der Waals surface area (Å²) in [4.78, 5) is 4.15. The number of fused-ring (bicyclic) bond motifs is 1. The van der Waals surface area contributed by atoms with Crippen molar-refractivity contribution in [3.63, 3.8) is 0 Å². The summed E-state index contributed by atoms with van der Waals surface area (Å²) in [7, 11) is 0. The van der Waals surface area contributed by atoms with Crippen molar-refractivity contribution in [1.29, 1.82) is 0 Å². The maximum atomic E-state index is 5.78. The van der Waals surface area contributed by atoms with E-state index < -0.39 is 0 Å². The summed E-state index contributed by atoms with van der Waals surface area (Å²) in [5, 5.41) is 0. The Bertz CT molecular complexity index is 448. The second-order valence-electron chi connectivity index (χ2n) is 4.17. The molecule has 0 fully saturated rings. The van der Waals surface area contributed by atoms with Gasteiger partial charge in [-0.25, -0.2) is 4.98 Å². The third kappa shape index (κ3) is 1.88. The van der Waals surface area contributed by atoms with Gasteiger partial charge in [0.25, 0.3) is 0 Å². The Morgan fingerprint density at radius 3 is 2.87 bits per heavy atom. The molecule has 0 aliphatic carbocycles. The molecule has 2 rings (SSSR count). The molecule has 80 valence electrons. The molecule has 0 aliphatic heterocycles. The smallest absolute Gasteiger partial charge is 0.181 e. The zero-order valence-electron chi connectivity index (χ0n) is 9.10. The monoisotopic (exact) mass is 204 g/mol. The molecule has 0 spiro atoms. The number of aromatic nitrogens is 1. The van der Waals surface area contributed by atoms with Crippen molar-refractivity contribution in [3.8, 4) is 0 Å². The van der Waals surface area contributed by atoms with Gasteiger partial charge in [-0.05, 0) is 36.1 Å². The van der Waals surface area contributed by atoms with E-state index in [1.54, 1.807) is 0 Å². The SMILES string of the molecule is CC(C)C(CN)c1ccc2ocnc2c1. The van der Waals surface area contributed by atoms with Crippen LogP contribution in [0.5, 0.6) is 0 Å². The van der Waals surface area contributed by atoms with Crippen LogP contribution in [0.3, 0.4) is 0 Å². The Balaban J connectivity index is 2.41. The first-order chi connectivity index (χ1) is 7.22. The first-order valence-electron chi connectivity index (χ1n) is 5.25. The summed E-state index contributed by atoms with van der Waals surface area (Å²) in [6.45, 7) is 5.04. The predicted molar refractivity (Wildman–Crippen MR) is 60.6 cm³/mol. The van der Waals surface area contributed by atoms with Gasteiger partial charge >= 0.3 is 0 Å². The highest BCUT2D eigenvalue weighted by molar-refractivity contribution is 5.73. The predicted octanol–water partition coefficient (Wildman–Crippen LogP) is 2.53. The number of hydrogen-bond donors (Lipinski definition) is 1. The lowest BCUT2D eigenvalue weighted by molar-refractivity contribution is 0.506. The van der Waals surface area contributed by atoms with Crippen LogP contribution in [0.2, 0.25) is 0 Å². The van der Waals surface area contributed by atoms with Crippen molar-refractivity contribution in [2.24, 2.45) is 11.7 Å². The Morgan fingerprint density at radius 2 is 2.20 bits per heavy atom. The van der Waals surface area contributed by atoms with Gasteiger partial charge in [-0.2, -0.15) is 0 Å². The van der Waals surface area contributed by atoms with E-state index >= 15 is 0 Å². The Labute approximate surface area is 89.3 Å². The Kier molecular flexibility index (Phi) is 2.73. The Morgan fingerprint density at radius 1 is 1.40 bits per heavy atom. The lowest BCUT2D eigenvalue weighted by Gasteiger charge is -2.18. The molecule has 0 bridgehead atoms. The molecule has 3 heteroatoms. The van der Waals surface area contributed by atoms with Crippen LogP contribution in [0.25, 0.3) is 11.1 Å². The van der Waals surface area contributed by atoms with Crippen LogP contribution in [0.1, 0.15) is 25.3 Å². The minimum Gasteiger partial charge on any atom is -0.443 e. The molecule has 0 aliphatic rings. The molecular weight excluding hydrogens is 188 g/mol. The summed E-state index contributed by atoms with van der Waals surface area (Å²) in [6, 6.07) is 6.10. The highest BCUT2D eigenvalue weighted by Crippen LogP contribution is 2.25. The molecule has 0 saturated carbocycles. The van der Waals surface area contributed by atoms with E-state index in [4.69, 9.17) is 10.2 Å². The van der Waals surface area contributed by atoms with E-state index in [-0.39, 0.29) is 0 Å². The number of rotatable bonds is 3. The van der Waals surface area contributed by atoms with Gasteiger partial charge in [0.2, 0.25) is 0 Å². The lowest BCUT2D eigenvalue weighted by Crippen LogP contribution is -2.17. The van der Waals surface area contributed by atoms with Crippen molar-refractivity contribution >= 4 is 11.1 Å². The van der Waals surface area contributed by atoms with Gasteiger partial charge in [0, 0.05) is 0 Å². The van der Waals surface area contributed by atoms with E-state index in [1.165, 1.54) is 12.0 Å². The van der Waals surface area contributed by atoms with E-state index in [0.717, 1.165) is 11.1 Å². The van der Waals surface area contributed by atoms with Crippen molar-refractivity contribution in [2.75, 3.05) is 6.54 Å². The quantitative estimate of drug-likeness (QED) is 0.835. The molecular formula is C12H16N2O. The van der Waals surface area contributed by atoms with Crippen LogP contribution >= 0.6 is 0 Å². The minimum absolute atomic E-state index is 0.395. The molecule has 0 amide bonds. The van der Waals surface area contributed by atoms with Crippen molar-refractivity contribution in [1.82, 2.24) is 4.98 Å². The van der Waals surface area contributed by atoms with Gasteiger partial charge in [-0.15, -0.1) is 0 Å². The largest absolute Gasteiger partial charge is 0.443 e. The second-order valence-corrected chi connectivity index (χ2v) is 4.17. The molecule has 3 nitrogen and oxygen atoms in total. The van der Waals surface area contributed by atoms with Crippen molar-refractivity contribution in [3.05, 3.63) is 30.2 Å². The minimum atomic E-state index is 0.395. The topological polar surface area (TPSA) is 52.0 Å². The van der Waals surface area contributed by atoms with Gasteiger partial charge in [0.15, 0.2) is 12.0 Å². The van der Waals surface area contributed by atoms with E-state index in [1.807, 2.05) is 6.07 Å². The zero-order chi connectivity index (χ0) is 10.8. The van der Waals surface area contributed by atoms with Crippen molar-refractivity contribution < 1.29 is 4.42 Å². The first kappa shape index (κ1) is 10.2. The van der Waals surface area contributed by atoms with E-state index in [0.29, 0.717) is 18.4 Å². The van der Waals surface area contributed by atoms with Gasteiger partial charge in [0.05, 0.1) is 0 Å². The van der Waals surface area contributed by atoms with Crippen LogP contribution in [0.4, 0.5) is 0 Å². The average Bonchev–Trinajstić information content (AvgIpc) is 2.65. The fourth-order valence-electron chi connectivity index (χ4n) is 1.90. The summed E-state index contributed by atoms with van der Waals surface area (Å²) in [5.41, 5.74) is 8.77. The lowest BCUT2D eigenvalue weighted by atomic mass is 9.88. The van der Waals surface area contributed by atoms with Gasteiger partial charge in [-0.1, -0.05) is 19.9 Å². The highest BCUT2D eigenvalue weighted by atomic mass is 16.3. The molecule has 1 aromatic carbocycles. The highest BCUT2D eigenvalue weighted by Gasteiger charge is 2.14. The van der Waals surface area contributed by atoms with Gasteiger partial charge in [-0.3, -0.25) is 0 Å². The number of hydrogen-bond acceptors (Lipinski definition) is 3. The molecule has 1 atom stereocenters. The number of benzene rings is 1. The third-order valence-electron chi connectivity index (χ3n) is 2.84. The van der Waals surface area contributed by atoms with E-state index in [2.05, 4.69) is 31.0 Å². The molecule has 1 aromatic heterocycles. The molecule has 2 aromatic rings. The molecule has 2 N–H and O–H groups in total. The van der Waals surface area contributed by atoms with Crippen molar-refractivity contribution in [2.45, 2.75) is 19.8 Å². The first-order valence-corrected chi connectivity index (χ1v) is 5.25. The fraction of sp³-hybridized carbons (Fsp3) is 0.417. The maximum Gasteiger partial charge on any atom is 0.181 e. The molecule has 15 heavy (non-hydrogen) atoms. The van der Waals surface area contributed by atoms with Crippen LogP contribution in [-0.4, -0.2) is 11.5 Å². The standard InChI is InChI=1S/C12H16N2O/c1-8(2)10(6-13)9-3-4-12-11(5-9)14-7-15-12/h3-5,7-8,10H,6,13H2,1-2H3. The van der Waals surface area contributed by atoms with Crippen LogP contribution in [0.15, 0.2) is 29.0 Å². The summed E-state index contributed by atoms with van der Waals surface area (Å²) < 4.78 is 5.20. The van der Waals surface area contributed by atoms with Gasteiger partial charge in [0.1, 0.15) is 5.52 Å². The van der Waals surface area contributed by atoms with E-state index in [9.17, 15) is 0 Å². The van der Waals surface area contributed by atoms with Crippen LogP contribution in [0, 0.1) is 5.92 Å². The third-order valence-corrected chi connectivity index (χ3v) is 2.84. The number of nitrogens with zero attached hydrogens (tertiary/aromatic N) is 1. The second kappa shape index (κ2) is 4.03. The number of nitrogens with two attached hydrogens (primary N) is 1. The number of oxazole rings is 1. The average molecular weight is 204 g/mol. The summed E-state index contributed by atoms with van der Waals surface area (Å²) >= 11 is 0. The van der Waals surface area contributed by atoms with Crippen LogP contribution < -0.4 is 5.73 Å². The molecule has 1 heterocycles. The molecule has 0 saturated heterocycles. The van der Waals surface area contributed by atoms with Crippen LogP contribution in [-0.2, 0) is 0 Å². The molecule has 0 radical (unpaired) electrons. The fourth-order valence-corrected chi connectivity index (χ4v) is 1.90. The maximum absolute atomic E-state index is 5.78. The molecule has 1 unspecified atom stereocenters. The van der Waals surface area contributed by atoms with Gasteiger partial charge < -0.3 is 10.2 Å². The summed E-state index contributed by atoms with van der Waals surface area (Å²) in [6.07, 6.45) is 1.47. The summed E-state index contributed by atoms with van der Waals surface area (Å²) in [5.74, 6) is 0.936. The normalized spacial score (nSPS) is 13.6.